The minimum Gasteiger partial charge on any atom is -0.370 e. The van der Waals surface area contributed by atoms with Gasteiger partial charge in [-0.2, -0.15) is 0 Å². The Balaban J connectivity index is 1.34. The summed E-state index contributed by atoms with van der Waals surface area (Å²) in [6, 6.07) is -0.304. The first-order valence-electron chi connectivity index (χ1n) is 16.3. The van der Waals surface area contributed by atoms with E-state index in [9.17, 15) is 4.79 Å². The minimum absolute atomic E-state index is 0.0336. The number of carbonyl (C=O) groups excluding carboxylic acids is 1. The Labute approximate surface area is 238 Å². The van der Waals surface area contributed by atoms with Crippen LogP contribution in [0.25, 0.3) is 0 Å². The maximum absolute atomic E-state index is 12.8. The van der Waals surface area contributed by atoms with Crippen molar-refractivity contribution >= 4 is 11.9 Å². The van der Waals surface area contributed by atoms with Gasteiger partial charge in [-0.25, -0.2) is 0 Å². The second-order valence-electron chi connectivity index (χ2n) is 14.8. The number of allylic oxidation sites excluding steroid dienone is 1. The van der Waals surface area contributed by atoms with Crippen molar-refractivity contribution in [1.29, 1.82) is 5.41 Å². The zero-order valence-electron chi connectivity index (χ0n) is 25.7. The van der Waals surface area contributed by atoms with Crippen molar-refractivity contribution in [1.82, 2.24) is 10.6 Å². The molecular weight excluding hydrogens is 482 g/mol. The van der Waals surface area contributed by atoms with E-state index in [1.165, 1.54) is 57.8 Å². The zero-order chi connectivity index (χ0) is 28.4. The van der Waals surface area contributed by atoms with Crippen molar-refractivity contribution in [3.05, 3.63) is 11.6 Å². The van der Waals surface area contributed by atoms with Crippen molar-refractivity contribution in [3.63, 3.8) is 0 Å². The van der Waals surface area contributed by atoms with Crippen LogP contribution in [-0.4, -0.2) is 30.5 Å². The number of fused-ring (bicyclic) bond motifs is 5. The molecule has 0 saturated heterocycles. The first-order valence-corrected chi connectivity index (χ1v) is 16.3. The Morgan fingerprint density at radius 3 is 2.54 bits per heavy atom. The van der Waals surface area contributed by atoms with Gasteiger partial charge in [-0.3, -0.25) is 10.2 Å². The Kier molecular flexibility index (Phi) is 9.77. The Hall–Kier alpha value is -1.56. The lowest BCUT2D eigenvalue weighted by atomic mass is 9.47. The summed E-state index contributed by atoms with van der Waals surface area (Å²) in [5.74, 6) is 5.04. The fourth-order valence-corrected chi connectivity index (χ4v) is 9.79. The molecule has 0 bridgehead atoms. The Bertz CT molecular complexity index is 901. The van der Waals surface area contributed by atoms with Crippen molar-refractivity contribution in [2.45, 2.75) is 130 Å². The number of guanidine groups is 1. The highest BCUT2D eigenvalue weighted by atomic mass is 16.2. The predicted octanol–water partition coefficient (Wildman–Crippen LogP) is 6.10. The average Bonchev–Trinajstić information content (AvgIpc) is 3.23. The molecule has 39 heavy (non-hydrogen) atoms. The number of amides is 1. The third-order valence-electron chi connectivity index (χ3n) is 12.0. The maximum atomic E-state index is 12.8. The van der Waals surface area contributed by atoms with Gasteiger partial charge in [0.05, 0.1) is 6.04 Å². The summed E-state index contributed by atoms with van der Waals surface area (Å²) >= 11 is 0. The zero-order valence-corrected chi connectivity index (χ0v) is 25.7. The molecule has 3 fully saturated rings. The van der Waals surface area contributed by atoms with Gasteiger partial charge in [-0.05, 0) is 111 Å². The first kappa shape index (κ1) is 30.4. The Morgan fingerprint density at radius 1 is 1.05 bits per heavy atom. The van der Waals surface area contributed by atoms with Crippen LogP contribution in [0.5, 0.6) is 0 Å². The van der Waals surface area contributed by atoms with Crippen LogP contribution in [0.4, 0.5) is 0 Å². The van der Waals surface area contributed by atoms with Gasteiger partial charge < -0.3 is 22.1 Å². The molecule has 0 aromatic carbocycles. The molecule has 4 aliphatic rings. The van der Waals surface area contributed by atoms with Crippen molar-refractivity contribution in [3.8, 4) is 0 Å². The molecule has 1 unspecified atom stereocenters. The molecule has 6 heteroatoms. The highest BCUT2D eigenvalue weighted by Gasteiger charge is 2.59. The topological polar surface area (TPSA) is 117 Å². The van der Waals surface area contributed by atoms with Crippen LogP contribution < -0.4 is 22.1 Å². The number of hydrogen-bond acceptors (Lipinski definition) is 3. The van der Waals surface area contributed by atoms with E-state index in [1.54, 1.807) is 5.57 Å². The van der Waals surface area contributed by atoms with Gasteiger partial charge >= 0.3 is 0 Å². The van der Waals surface area contributed by atoms with Crippen molar-refractivity contribution in [2.24, 2.45) is 57.8 Å². The van der Waals surface area contributed by atoms with Crippen molar-refractivity contribution < 1.29 is 4.79 Å². The van der Waals surface area contributed by atoms with E-state index in [2.05, 4.69) is 51.3 Å². The summed E-state index contributed by atoms with van der Waals surface area (Å²) < 4.78 is 0. The quantitative estimate of drug-likeness (QED) is 0.0939. The van der Waals surface area contributed by atoms with Crippen LogP contribution in [0.3, 0.4) is 0 Å². The normalized spacial score (nSPS) is 37.2. The molecule has 0 aromatic rings. The molecule has 0 heterocycles. The molecule has 4 rings (SSSR count). The highest BCUT2D eigenvalue weighted by Crippen LogP contribution is 2.67. The fraction of sp³-hybridized carbons (Fsp3) is 0.879. The summed E-state index contributed by atoms with van der Waals surface area (Å²) in [5, 5.41) is 13.3. The molecule has 0 spiro atoms. The maximum Gasteiger partial charge on any atom is 0.237 e. The molecule has 4 aliphatic carbocycles. The minimum atomic E-state index is -0.504. The van der Waals surface area contributed by atoms with E-state index in [1.807, 2.05) is 0 Å². The summed E-state index contributed by atoms with van der Waals surface area (Å²) in [6.45, 7) is 13.1. The fourth-order valence-electron chi connectivity index (χ4n) is 9.79. The molecule has 6 nitrogen and oxygen atoms in total. The monoisotopic (exact) mass is 541 g/mol. The van der Waals surface area contributed by atoms with Crippen LogP contribution in [0.15, 0.2) is 11.6 Å². The van der Waals surface area contributed by atoms with E-state index in [0.717, 1.165) is 54.8 Å². The molecule has 0 aromatic heterocycles. The van der Waals surface area contributed by atoms with Gasteiger partial charge in [-0.15, -0.1) is 0 Å². The van der Waals surface area contributed by atoms with Gasteiger partial charge in [0.2, 0.25) is 5.91 Å². The van der Waals surface area contributed by atoms with Crippen LogP contribution in [0.1, 0.15) is 118 Å². The molecule has 222 valence electrons. The molecule has 0 aliphatic heterocycles. The second-order valence-corrected chi connectivity index (χ2v) is 14.8. The standard InChI is InChI=1S/C33H59N5O/c1-21(2)8-6-9-22(3)26-13-14-27-25-12-11-23-20-24(38-30(39)29(34)10-7-19-37-31(35)36)15-17-32(23,4)28(25)16-18-33(26,27)5/h11,21-22,24-29H,6-10,12-20,34H2,1-5H3,(H,38,39)(H4,35,36,37)/t22-,24+,25+,26-,27+,28+,29?,32+,33-/m1/s1. The molecular formula is C33H59N5O. The molecule has 7 N–H and O–H groups in total. The molecule has 1 amide bonds. The van der Waals surface area contributed by atoms with Crippen LogP contribution in [0, 0.1) is 51.7 Å². The summed E-state index contributed by atoms with van der Waals surface area (Å²) in [5.41, 5.74) is 14.0. The lowest BCUT2D eigenvalue weighted by Gasteiger charge is -2.58. The first-order chi connectivity index (χ1) is 18.5. The van der Waals surface area contributed by atoms with Gasteiger partial charge in [0.15, 0.2) is 5.96 Å². The number of hydrogen-bond donors (Lipinski definition) is 5. The summed E-state index contributed by atoms with van der Waals surface area (Å²) in [7, 11) is 0. The van der Waals surface area contributed by atoms with Crippen LogP contribution in [0.2, 0.25) is 0 Å². The lowest BCUT2D eigenvalue weighted by Crippen LogP contribution is -2.53. The SMILES string of the molecule is CC(C)CCC[C@@H](C)[C@H]1CC[C@H]2[C@@H]3CC=C4C[C@@H](NC(=O)C(N)CCCNC(=N)N)CC[C@]4(C)[C@H]3CC[C@]12C. The van der Waals surface area contributed by atoms with E-state index >= 15 is 0 Å². The third-order valence-corrected chi connectivity index (χ3v) is 12.0. The van der Waals surface area contributed by atoms with Gasteiger partial charge in [-0.1, -0.05) is 65.5 Å². The van der Waals surface area contributed by atoms with E-state index in [4.69, 9.17) is 16.9 Å². The van der Waals surface area contributed by atoms with Gasteiger partial charge in [0.1, 0.15) is 0 Å². The second kappa shape index (κ2) is 12.5. The predicted molar refractivity (Wildman–Crippen MR) is 162 cm³/mol. The summed E-state index contributed by atoms with van der Waals surface area (Å²) in [4.78, 5) is 12.8. The average molecular weight is 542 g/mol. The molecule has 0 radical (unpaired) electrons. The van der Waals surface area contributed by atoms with Crippen molar-refractivity contribution in [2.75, 3.05) is 6.54 Å². The van der Waals surface area contributed by atoms with E-state index < -0.39 is 6.04 Å². The Morgan fingerprint density at radius 2 is 1.82 bits per heavy atom. The largest absolute Gasteiger partial charge is 0.370 e. The van der Waals surface area contributed by atoms with E-state index in [0.29, 0.717) is 23.8 Å². The number of rotatable bonds is 11. The number of nitrogens with two attached hydrogens (primary N) is 2. The summed E-state index contributed by atoms with van der Waals surface area (Å²) in [6.07, 6.45) is 18.3. The van der Waals surface area contributed by atoms with Gasteiger partial charge in [0.25, 0.3) is 0 Å². The third kappa shape index (κ3) is 6.52. The number of carbonyl (C=O) groups is 1. The number of nitrogens with one attached hydrogen (secondary N) is 3. The smallest absolute Gasteiger partial charge is 0.237 e. The highest BCUT2D eigenvalue weighted by molar-refractivity contribution is 5.81. The van der Waals surface area contributed by atoms with Crippen LogP contribution in [-0.2, 0) is 4.79 Å². The van der Waals surface area contributed by atoms with Gasteiger partial charge in [0, 0.05) is 12.6 Å². The lowest BCUT2D eigenvalue weighted by molar-refractivity contribution is -0.123. The van der Waals surface area contributed by atoms with E-state index in [-0.39, 0.29) is 17.9 Å². The molecule has 9 atom stereocenters. The molecule has 3 saturated carbocycles. The van der Waals surface area contributed by atoms with Crippen LogP contribution >= 0.6 is 0 Å².